The van der Waals surface area contributed by atoms with Crippen LogP contribution in [0.15, 0.2) is 36.8 Å². The van der Waals surface area contributed by atoms with Crippen molar-refractivity contribution in [3.63, 3.8) is 0 Å². The Morgan fingerprint density at radius 3 is 2.81 bits per heavy atom. The highest BCUT2D eigenvalue weighted by molar-refractivity contribution is 5.95. The molecule has 26 heavy (non-hydrogen) atoms. The number of benzene rings is 1. The van der Waals surface area contributed by atoms with Crippen LogP contribution in [0.2, 0.25) is 0 Å². The highest BCUT2D eigenvalue weighted by Crippen LogP contribution is 2.34. The van der Waals surface area contributed by atoms with E-state index in [1.54, 1.807) is 13.1 Å². The van der Waals surface area contributed by atoms with Gasteiger partial charge in [0.15, 0.2) is 0 Å². The number of hydrogen-bond donors (Lipinski definition) is 2. The fourth-order valence-electron chi connectivity index (χ4n) is 3.82. The highest BCUT2D eigenvalue weighted by atomic mass is 19.1. The molecule has 1 amide bonds. The van der Waals surface area contributed by atoms with Crippen molar-refractivity contribution in [3.8, 4) is 11.1 Å². The third kappa shape index (κ3) is 3.23. The van der Waals surface area contributed by atoms with Crippen molar-refractivity contribution in [1.82, 2.24) is 20.1 Å². The molecule has 0 unspecified atom stereocenters. The smallest absolute Gasteiger partial charge is 0.222 e. The van der Waals surface area contributed by atoms with E-state index in [1.165, 1.54) is 12.1 Å². The van der Waals surface area contributed by atoms with Crippen LogP contribution in [0.25, 0.3) is 22.0 Å². The molecule has 0 spiro atoms. The molecule has 0 saturated heterocycles. The molecule has 3 aromatic rings. The fraction of sp³-hybridized carbons (Fsp3) is 0.400. The first-order valence-electron chi connectivity index (χ1n) is 8.68. The van der Waals surface area contributed by atoms with Gasteiger partial charge in [0.25, 0.3) is 0 Å². The van der Waals surface area contributed by atoms with Crippen molar-refractivity contribution in [3.05, 3.63) is 42.6 Å². The molecule has 1 aromatic carbocycles. The third-order valence-electron chi connectivity index (χ3n) is 5.24. The number of aromatic amines is 1. The number of halogens is 1. The first-order valence-corrected chi connectivity index (χ1v) is 8.68. The molecule has 5 nitrogen and oxygen atoms in total. The Balaban J connectivity index is 0.00000196. The molecular weight excluding hydrogens is 331 g/mol. The van der Waals surface area contributed by atoms with Crippen molar-refractivity contribution in [1.29, 1.82) is 0 Å². The molecule has 1 aliphatic carbocycles. The molecule has 6 heteroatoms. The molecule has 4 rings (SSSR count). The molecule has 0 radical (unpaired) electrons. The van der Waals surface area contributed by atoms with Crippen LogP contribution in [0.5, 0.6) is 0 Å². The summed E-state index contributed by atoms with van der Waals surface area (Å²) in [6.45, 7) is 0. The van der Waals surface area contributed by atoms with Gasteiger partial charge in [0, 0.05) is 47.4 Å². The molecule has 138 valence electrons. The van der Waals surface area contributed by atoms with Gasteiger partial charge in [-0.15, -0.1) is 0 Å². The molecule has 2 N–H and O–H groups in total. The predicted octanol–water partition coefficient (Wildman–Crippen LogP) is 4.28. The van der Waals surface area contributed by atoms with Crippen LogP contribution in [0, 0.1) is 11.7 Å². The van der Waals surface area contributed by atoms with Crippen LogP contribution in [0.4, 0.5) is 4.39 Å². The zero-order valence-electron chi connectivity index (χ0n) is 14.1. The van der Waals surface area contributed by atoms with Gasteiger partial charge in [-0.25, -0.2) is 4.39 Å². The number of aromatic nitrogens is 3. The second-order valence-corrected chi connectivity index (χ2v) is 6.72. The van der Waals surface area contributed by atoms with E-state index in [4.69, 9.17) is 0 Å². The maximum atomic E-state index is 13.3. The van der Waals surface area contributed by atoms with E-state index in [0.717, 1.165) is 47.7 Å². The normalized spacial score (nSPS) is 19.9. The molecule has 2 heterocycles. The van der Waals surface area contributed by atoms with Crippen molar-refractivity contribution in [2.75, 3.05) is 7.05 Å². The van der Waals surface area contributed by atoms with E-state index in [1.807, 2.05) is 17.1 Å². The maximum absolute atomic E-state index is 13.3. The minimum absolute atomic E-state index is 0. The van der Waals surface area contributed by atoms with Gasteiger partial charge >= 0.3 is 0 Å². The highest BCUT2D eigenvalue weighted by Gasteiger charge is 2.27. The summed E-state index contributed by atoms with van der Waals surface area (Å²) in [6.07, 6.45) is 9.51. The predicted molar refractivity (Wildman–Crippen MR) is 101 cm³/mol. The van der Waals surface area contributed by atoms with Crippen molar-refractivity contribution >= 4 is 16.8 Å². The molecular formula is C20H25FN4O. The Kier molecular flexibility index (Phi) is 5.11. The van der Waals surface area contributed by atoms with Crippen LogP contribution in [0.1, 0.15) is 39.2 Å². The van der Waals surface area contributed by atoms with E-state index in [2.05, 4.69) is 21.6 Å². The average molecular weight is 356 g/mol. The number of nitrogens with zero attached hydrogens (tertiary/aromatic N) is 2. The summed E-state index contributed by atoms with van der Waals surface area (Å²) in [7, 11) is 1.70. The van der Waals surface area contributed by atoms with Crippen molar-refractivity contribution in [2.24, 2.45) is 5.92 Å². The van der Waals surface area contributed by atoms with Gasteiger partial charge in [-0.3, -0.25) is 9.48 Å². The van der Waals surface area contributed by atoms with Gasteiger partial charge in [0.1, 0.15) is 5.82 Å². The molecule has 1 aliphatic rings. The van der Waals surface area contributed by atoms with Gasteiger partial charge in [-0.1, -0.05) is 7.43 Å². The lowest BCUT2D eigenvalue weighted by Crippen LogP contribution is -2.31. The summed E-state index contributed by atoms with van der Waals surface area (Å²) in [5, 5.41) is 8.27. The topological polar surface area (TPSA) is 62.7 Å². The summed E-state index contributed by atoms with van der Waals surface area (Å²) in [4.78, 5) is 14.9. The Bertz CT molecular complexity index is 906. The lowest BCUT2D eigenvalue weighted by Gasteiger charge is -2.27. The minimum atomic E-state index is -0.246. The summed E-state index contributed by atoms with van der Waals surface area (Å²) < 4.78 is 15.4. The summed E-state index contributed by atoms with van der Waals surface area (Å²) in [6, 6.07) is 5.10. The van der Waals surface area contributed by atoms with Gasteiger partial charge in [-0.05, 0) is 43.9 Å². The number of rotatable bonds is 3. The number of carbonyl (C=O) groups is 1. The summed E-state index contributed by atoms with van der Waals surface area (Å²) in [5.41, 5.74) is 2.83. The molecule has 0 aliphatic heterocycles. The molecule has 0 bridgehead atoms. The van der Waals surface area contributed by atoms with Gasteiger partial charge < -0.3 is 10.3 Å². The van der Waals surface area contributed by atoms with Crippen LogP contribution < -0.4 is 5.32 Å². The van der Waals surface area contributed by atoms with Crippen LogP contribution >= 0.6 is 0 Å². The minimum Gasteiger partial charge on any atom is -0.360 e. The SMILES string of the molecule is C.CNC(=O)C1CCC(n2cc(-c3c[nH]c4cc(F)ccc34)cn2)CC1. The second kappa shape index (κ2) is 7.32. The third-order valence-corrected chi connectivity index (χ3v) is 5.24. The van der Waals surface area contributed by atoms with Gasteiger partial charge in [-0.2, -0.15) is 5.10 Å². The Morgan fingerprint density at radius 1 is 1.31 bits per heavy atom. The number of amides is 1. The number of fused-ring (bicyclic) bond motifs is 1. The van der Waals surface area contributed by atoms with Gasteiger partial charge in [0.05, 0.1) is 12.2 Å². The lowest BCUT2D eigenvalue weighted by atomic mass is 9.85. The summed E-state index contributed by atoms with van der Waals surface area (Å²) >= 11 is 0. The summed E-state index contributed by atoms with van der Waals surface area (Å²) in [5.74, 6) is 0.0231. The number of nitrogens with one attached hydrogen (secondary N) is 2. The van der Waals surface area contributed by atoms with E-state index >= 15 is 0 Å². The number of H-pyrrole nitrogens is 1. The largest absolute Gasteiger partial charge is 0.360 e. The van der Waals surface area contributed by atoms with E-state index in [9.17, 15) is 9.18 Å². The Labute approximate surface area is 152 Å². The van der Waals surface area contributed by atoms with Crippen LogP contribution in [-0.2, 0) is 4.79 Å². The van der Waals surface area contributed by atoms with Crippen molar-refractivity contribution < 1.29 is 9.18 Å². The zero-order valence-corrected chi connectivity index (χ0v) is 14.1. The van der Waals surface area contributed by atoms with E-state index in [0.29, 0.717) is 6.04 Å². The maximum Gasteiger partial charge on any atom is 0.222 e. The lowest BCUT2D eigenvalue weighted by molar-refractivity contribution is -0.125. The van der Waals surface area contributed by atoms with Crippen LogP contribution in [-0.4, -0.2) is 27.7 Å². The molecule has 1 fully saturated rings. The number of hydrogen-bond acceptors (Lipinski definition) is 2. The molecule has 2 aromatic heterocycles. The second-order valence-electron chi connectivity index (χ2n) is 6.72. The fourth-order valence-corrected chi connectivity index (χ4v) is 3.82. The van der Waals surface area contributed by atoms with Crippen molar-refractivity contribution in [2.45, 2.75) is 39.2 Å². The monoisotopic (exact) mass is 356 g/mol. The standard InChI is InChI=1S/C19H21FN4O.CH4/c1-21-19(25)12-2-5-15(6-3-12)24-11-13(9-23-24)17-10-22-18-8-14(20)4-7-16(17)18;/h4,7-12,15,22H,2-3,5-6H2,1H3,(H,21,25);1H4. The quantitative estimate of drug-likeness (QED) is 0.735. The number of carbonyl (C=O) groups excluding carboxylic acids is 1. The van der Waals surface area contributed by atoms with E-state index < -0.39 is 0 Å². The molecule has 0 atom stereocenters. The Morgan fingerprint density at radius 2 is 2.08 bits per heavy atom. The first-order chi connectivity index (χ1) is 12.2. The van der Waals surface area contributed by atoms with Crippen LogP contribution in [0.3, 0.4) is 0 Å². The average Bonchev–Trinajstić information content (AvgIpc) is 3.27. The first kappa shape index (κ1) is 18.2. The van der Waals surface area contributed by atoms with Gasteiger partial charge in [0.2, 0.25) is 5.91 Å². The zero-order chi connectivity index (χ0) is 17.4. The molecule has 1 saturated carbocycles. The Hall–Kier alpha value is -2.63. The van der Waals surface area contributed by atoms with E-state index in [-0.39, 0.29) is 25.1 Å².